The second-order valence-electron chi connectivity index (χ2n) is 9.22. The standard InChI is InChI=1S/C25H31Cl3O4S/c1-25(31,14-29)15-32-24(30)23-10-8-20(33-23)3-2-4-21-17(7-9-22(21)28)6-5-16-11-18(26)13-19(27)12-16/h8,10-13,17,21-22,29,31H,2-7,9,14-15H2,1H3/t17-,21+,22+,25?/m0/s1. The normalized spacial score (nSPS) is 22.3. The largest absolute Gasteiger partial charge is 0.458 e. The minimum Gasteiger partial charge on any atom is -0.458 e. The molecule has 4 nitrogen and oxygen atoms in total. The number of alkyl halides is 1. The molecule has 1 unspecified atom stereocenters. The van der Waals surface area contributed by atoms with Gasteiger partial charge in [0.1, 0.15) is 17.1 Å². The van der Waals surface area contributed by atoms with Crippen LogP contribution in [-0.4, -0.2) is 40.4 Å². The van der Waals surface area contributed by atoms with Crippen LogP contribution in [0.3, 0.4) is 0 Å². The number of benzene rings is 1. The molecule has 0 radical (unpaired) electrons. The maximum atomic E-state index is 12.2. The molecule has 33 heavy (non-hydrogen) atoms. The number of rotatable bonds is 11. The molecule has 1 saturated carbocycles. The molecule has 4 atom stereocenters. The molecule has 1 aliphatic carbocycles. The molecule has 8 heteroatoms. The van der Waals surface area contributed by atoms with E-state index in [4.69, 9.17) is 44.6 Å². The number of halogens is 3. The van der Waals surface area contributed by atoms with Crippen LogP contribution in [0.4, 0.5) is 0 Å². The summed E-state index contributed by atoms with van der Waals surface area (Å²) in [6.07, 6.45) is 7.21. The number of hydrogen-bond donors (Lipinski definition) is 2. The zero-order chi connectivity index (χ0) is 24.0. The van der Waals surface area contributed by atoms with Crippen LogP contribution in [0.1, 0.15) is 59.1 Å². The first-order valence-corrected chi connectivity index (χ1v) is 13.4. The molecule has 0 bridgehead atoms. The SMILES string of the molecule is CC(O)(CO)COC(=O)c1ccc(CCC[C@@H]2[C@@H](CCc3cc(Cl)cc(Cl)c3)CC[C@H]2Cl)s1. The Labute approximate surface area is 214 Å². The number of thiophene rings is 1. The average molecular weight is 534 g/mol. The summed E-state index contributed by atoms with van der Waals surface area (Å²) in [5.74, 6) is 0.614. The summed E-state index contributed by atoms with van der Waals surface area (Å²) in [5, 5.41) is 20.4. The molecule has 1 aromatic carbocycles. The van der Waals surface area contributed by atoms with E-state index in [9.17, 15) is 9.90 Å². The second-order valence-corrected chi connectivity index (χ2v) is 11.8. The molecule has 0 amide bonds. The smallest absolute Gasteiger partial charge is 0.348 e. The van der Waals surface area contributed by atoms with Crippen LogP contribution in [0.2, 0.25) is 10.0 Å². The topological polar surface area (TPSA) is 66.8 Å². The summed E-state index contributed by atoms with van der Waals surface area (Å²) in [4.78, 5) is 13.8. The third-order valence-corrected chi connectivity index (χ3v) is 8.39. The molecule has 0 aliphatic heterocycles. The van der Waals surface area contributed by atoms with Crippen molar-refractivity contribution in [2.45, 2.75) is 62.8 Å². The van der Waals surface area contributed by atoms with Gasteiger partial charge in [0.05, 0.1) is 6.61 Å². The minimum absolute atomic E-state index is 0.214. The van der Waals surface area contributed by atoms with Crippen LogP contribution in [0.15, 0.2) is 30.3 Å². The lowest BCUT2D eigenvalue weighted by Gasteiger charge is -2.22. The fourth-order valence-electron chi connectivity index (χ4n) is 4.45. The van der Waals surface area contributed by atoms with Gasteiger partial charge < -0.3 is 14.9 Å². The fraction of sp³-hybridized carbons (Fsp3) is 0.560. The third-order valence-electron chi connectivity index (χ3n) is 6.29. The van der Waals surface area contributed by atoms with Gasteiger partial charge in [-0.2, -0.15) is 0 Å². The molecule has 0 saturated heterocycles. The molecule has 1 aliphatic rings. The van der Waals surface area contributed by atoms with Gasteiger partial charge in [-0.25, -0.2) is 4.79 Å². The molecule has 182 valence electrons. The van der Waals surface area contributed by atoms with Crippen molar-refractivity contribution in [2.24, 2.45) is 11.8 Å². The predicted octanol–water partition coefficient (Wildman–Crippen LogP) is 6.54. The highest BCUT2D eigenvalue weighted by Crippen LogP contribution is 2.41. The van der Waals surface area contributed by atoms with E-state index in [-0.39, 0.29) is 12.0 Å². The van der Waals surface area contributed by atoms with Crippen molar-refractivity contribution in [3.63, 3.8) is 0 Å². The number of aliphatic hydroxyl groups is 2. The van der Waals surface area contributed by atoms with Crippen LogP contribution < -0.4 is 0 Å². The second kappa shape index (κ2) is 12.2. The van der Waals surface area contributed by atoms with Crippen molar-refractivity contribution >= 4 is 52.1 Å². The van der Waals surface area contributed by atoms with Gasteiger partial charge >= 0.3 is 5.97 Å². The van der Waals surface area contributed by atoms with E-state index in [0.29, 0.717) is 26.8 Å². The van der Waals surface area contributed by atoms with Crippen LogP contribution in [0.5, 0.6) is 0 Å². The van der Waals surface area contributed by atoms with Gasteiger partial charge in [0.25, 0.3) is 0 Å². The van der Waals surface area contributed by atoms with E-state index in [1.807, 2.05) is 18.2 Å². The van der Waals surface area contributed by atoms with Gasteiger partial charge in [0.15, 0.2) is 0 Å². The van der Waals surface area contributed by atoms with Gasteiger partial charge in [0.2, 0.25) is 0 Å². The van der Waals surface area contributed by atoms with Crippen LogP contribution >= 0.6 is 46.1 Å². The Kier molecular flexibility index (Phi) is 9.93. The van der Waals surface area contributed by atoms with E-state index in [1.165, 1.54) is 23.8 Å². The summed E-state index contributed by atoms with van der Waals surface area (Å²) in [6.45, 7) is 0.717. The monoisotopic (exact) mass is 532 g/mol. The van der Waals surface area contributed by atoms with Gasteiger partial charge in [-0.3, -0.25) is 0 Å². The number of ether oxygens (including phenoxy) is 1. The fourth-order valence-corrected chi connectivity index (χ4v) is 6.42. The van der Waals surface area contributed by atoms with Crippen LogP contribution in [0, 0.1) is 11.8 Å². The number of esters is 1. The van der Waals surface area contributed by atoms with Crippen molar-refractivity contribution in [1.29, 1.82) is 0 Å². The minimum atomic E-state index is -1.43. The van der Waals surface area contributed by atoms with E-state index < -0.39 is 18.2 Å². The van der Waals surface area contributed by atoms with E-state index in [1.54, 1.807) is 12.1 Å². The first-order chi connectivity index (χ1) is 15.7. The van der Waals surface area contributed by atoms with Crippen LogP contribution in [0.25, 0.3) is 0 Å². The third kappa shape index (κ3) is 8.12. The predicted molar refractivity (Wildman–Crippen MR) is 136 cm³/mol. The Morgan fingerprint density at radius 3 is 2.58 bits per heavy atom. The lowest BCUT2D eigenvalue weighted by atomic mass is 9.86. The summed E-state index contributed by atoms with van der Waals surface area (Å²) in [6, 6.07) is 9.45. The van der Waals surface area contributed by atoms with Gasteiger partial charge in [-0.15, -0.1) is 22.9 Å². The molecular weight excluding hydrogens is 503 g/mol. The number of aryl methyl sites for hydroxylation is 2. The Balaban J connectivity index is 1.46. The molecule has 3 rings (SSSR count). The summed E-state index contributed by atoms with van der Waals surface area (Å²) in [5.41, 5.74) is -0.257. The molecule has 0 spiro atoms. The molecule has 1 fully saturated rings. The molecule has 2 N–H and O–H groups in total. The summed E-state index contributed by atoms with van der Waals surface area (Å²) >= 11 is 20.4. The summed E-state index contributed by atoms with van der Waals surface area (Å²) in [7, 11) is 0. The highest BCUT2D eigenvalue weighted by molar-refractivity contribution is 7.13. The Morgan fingerprint density at radius 2 is 1.88 bits per heavy atom. The van der Waals surface area contributed by atoms with Crippen LogP contribution in [-0.2, 0) is 17.6 Å². The number of carbonyl (C=O) groups is 1. The Hall–Kier alpha value is -0.820. The van der Waals surface area contributed by atoms with Crippen molar-refractivity contribution in [2.75, 3.05) is 13.2 Å². The summed E-state index contributed by atoms with van der Waals surface area (Å²) < 4.78 is 5.12. The average Bonchev–Trinajstić information content (AvgIpc) is 3.37. The molecular formula is C25H31Cl3O4S. The maximum Gasteiger partial charge on any atom is 0.348 e. The van der Waals surface area contributed by atoms with Crippen molar-refractivity contribution in [1.82, 2.24) is 0 Å². The quantitative estimate of drug-likeness (QED) is 0.254. The molecule has 1 heterocycles. The highest BCUT2D eigenvalue weighted by Gasteiger charge is 2.34. The number of aliphatic hydroxyl groups excluding tert-OH is 1. The Bertz CT molecular complexity index is 910. The van der Waals surface area contributed by atoms with Gasteiger partial charge in [-0.05, 0) is 99.6 Å². The van der Waals surface area contributed by atoms with Crippen molar-refractivity contribution in [3.05, 3.63) is 55.7 Å². The Morgan fingerprint density at radius 1 is 1.15 bits per heavy atom. The van der Waals surface area contributed by atoms with E-state index in [2.05, 4.69) is 0 Å². The lowest BCUT2D eigenvalue weighted by molar-refractivity contribution is -0.0509. The van der Waals surface area contributed by atoms with Gasteiger partial charge in [-0.1, -0.05) is 23.2 Å². The first-order valence-electron chi connectivity index (χ1n) is 11.3. The maximum absolute atomic E-state index is 12.2. The van der Waals surface area contributed by atoms with Gasteiger partial charge in [0, 0.05) is 20.3 Å². The van der Waals surface area contributed by atoms with Crippen molar-refractivity contribution in [3.8, 4) is 0 Å². The highest BCUT2D eigenvalue weighted by atomic mass is 35.5. The van der Waals surface area contributed by atoms with Crippen molar-refractivity contribution < 1.29 is 19.7 Å². The zero-order valence-electron chi connectivity index (χ0n) is 18.7. The number of carbonyl (C=O) groups excluding carboxylic acids is 1. The lowest BCUT2D eigenvalue weighted by Crippen LogP contribution is -2.35. The number of hydrogen-bond acceptors (Lipinski definition) is 5. The zero-order valence-corrected chi connectivity index (χ0v) is 21.8. The first kappa shape index (κ1) is 26.8. The van der Waals surface area contributed by atoms with E-state index >= 15 is 0 Å². The van der Waals surface area contributed by atoms with E-state index in [0.717, 1.165) is 49.8 Å². The molecule has 1 aromatic heterocycles. The molecule has 2 aromatic rings.